The van der Waals surface area contributed by atoms with Gasteiger partial charge in [-0.1, -0.05) is 39.0 Å². The molecule has 1 unspecified atom stereocenters. The number of rotatable bonds is 8. The van der Waals surface area contributed by atoms with Crippen molar-refractivity contribution < 1.29 is 14.6 Å². The average Bonchev–Trinajstić information content (AvgIpc) is 3.29. The lowest BCUT2D eigenvalue weighted by atomic mass is 9.87. The number of thiophene rings is 1. The molecule has 2 aromatic heterocycles. The summed E-state index contributed by atoms with van der Waals surface area (Å²) in [5, 5.41) is 17.5. The first kappa shape index (κ1) is 24.0. The maximum absolute atomic E-state index is 10.1. The van der Waals surface area contributed by atoms with Crippen LogP contribution in [0.2, 0.25) is 0 Å². The third-order valence-corrected chi connectivity index (χ3v) is 5.78. The molecule has 0 aliphatic rings. The molecule has 2 heterocycles. The Hall–Kier alpha value is -2.68. The van der Waals surface area contributed by atoms with Crippen LogP contribution in [0, 0.1) is 0 Å². The number of benzene rings is 1. The molecular weight excluding hydrogens is 442 g/mol. The van der Waals surface area contributed by atoms with Gasteiger partial charge >= 0.3 is 0 Å². The minimum absolute atomic E-state index is 0.0771. The normalized spacial score (nSPS) is 12.2. The Balaban J connectivity index is 1.53. The van der Waals surface area contributed by atoms with E-state index in [2.05, 4.69) is 31.1 Å². The van der Waals surface area contributed by atoms with Crippen LogP contribution in [0.1, 0.15) is 26.3 Å². The van der Waals surface area contributed by atoms with Gasteiger partial charge in [0, 0.05) is 30.7 Å². The summed E-state index contributed by atoms with van der Waals surface area (Å²) in [6, 6.07) is 15.3. The monoisotopic (exact) mass is 471 g/mol. The summed E-state index contributed by atoms with van der Waals surface area (Å²) >= 11 is 7.04. The summed E-state index contributed by atoms with van der Waals surface area (Å²) in [6.45, 7) is 7.02. The zero-order valence-electron chi connectivity index (χ0n) is 18.7. The molecule has 0 fully saturated rings. The number of aliphatic hydroxyl groups is 1. The molecule has 170 valence electrons. The molecule has 0 bridgehead atoms. The first-order valence-corrected chi connectivity index (χ1v) is 11.7. The molecular formula is C24H29N3O3S2. The number of hydrogen-bond donors (Lipinski definition) is 2. The maximum Gasteiger partial charge on any atom is 0.270 e. The van der Waals surface area contributed by atoms with Gasteiger partial charge in [0.2, 0.25) is 5.88 Å². The lowest BCUT2D eigenvalue weighted by Crippen LogP contribution is -2.30. The number of anilines is 2. The molecule has 0 saturated carbocycles. The van der Waals surface area contributed by atoms with Crippen LogP contribution in [0.25, 0.3) is 0 Å². The molecule has 6 nitrogen and oxygen atoms in total. The molecule has 1 atom stereocenters. The van der Waals surface area contributed by atoms with E-state index in [9.17, 15) is 5.11 Å². The lowest BCUT2D eigenvalue weighted by Gasteiger charge is -2.21. The van der Waals surface area contributed by atoms with E-state index in [0.29, 0.717) is 24.0 Å². The fourth-order valence-electron chi connectivity index (χ4n) is 2.80. The molecule has 3 aromatic rings. The Bertz CT molecular complexity index is 1000. The minimum Gasteiger partial charge on any atom is -0.475 e. The Morgan fingerprint density at radius 1 is 1.19 bits per heavy atom. The molecule has 0 radical (unpaired) electrons. The molecule has 0 aliphatic carbocycles. The predicted molar refractivity (Wildman–Crippen MR) is 135 cm³/mol. The van der Waals surface area contributed by atoms with Gasteiger partial charge in [0.25, 0.3) is 5.17 Å². The summed E-state index contributed by atoms with van der Waals surface area (Å²) < 4.78 is 11.5. The van der Waals surface area contributed by atoms with Crippen molar-refractivity contribution in [3.05, 3.63) is 64.9 Å². The van der Waals surface area contributed by atoms with Gasteiger partial charge in [0.1, 0.15) is 24.3 Å². The van der Waals surface area contributed by atoms with Crippen molar-refractivity contribution in [3.8, 4) is 11.6 Å². The average molecular weight is 472 g/mol. The third-order valence-electron chi connectivity index (χ3n) is 4.74. The molecule has 3 rings (SSSR count). The first-order valence-electron chi connectivity index (χ1n) is 10.3. The Labute approximate surface area is 198 Å². The van der Waals surface area contributed by atoms with Crippen LogP contribution in [0.3, 0.4) is 0 Å². The van der Waals surface area contributed by atoms with Crippen molar-refractivity contribution >= 4 is 40.2 Å². The largest absolute Gasteiger partial charge is 0.475 e. The van der Waals surface area contributed by atoms with Crippen molar-refractivity contribution in [1.29, 1.82) is 0 Å². The Morgan fingerprint density at radius 3 is 2.59 bits per heavy atom. The van der Waals surface area contributed by atoms with Crippen LogP contribution in [0.15, 0.2) is 59.3 Å². The number of nitrogens with zero attached hydrogens (tertiary/aromatic N) is 2. The maximum atomic E-state index is 10.1. The van der Waals surface area contributed by atoms with E-state index < -0.39 is 6.10 Å². The van der Waals surface area contributed by atoms with Gasteiger partial charge in [-0.15, -0.1) is 0 Å². The van der Waals surface area contributed by atoms with E-state index in [1.807, 2.05) is 53.2 Å². The second-order valence-corrected chi connectivity index (χ2v) is 9.52. The van der Waals surface area contributed by atoms with Crippen molar-refractivity contribution in [2.45, 2.75) is 32.3 Å². The summed E-state index contributed by atoms with van der Waals surface area (Å²) in [6.07, 6.45) is -0.668. The number of thiocarbonyl (C=S) groups is 1. The molecule has 32 heavy (non-hydrogen) atoms. The second-order valence-electron chi connectivity index (χ2n) is 8.39. The van der Waals surface area contributed by atoms with Crippen molar-refractivity contribution in [1.82, 2.24) is 4.98 Å². The van der Waals surface area contributed by atoms with Crippen LogP contribution in [-0.4, -0.2) is 41.6 Å². The number of nitrogens with one attached hydrogen (secondary N) is 1. The van der Waals surface area contributed by atoms with Crippen LogP contribution in [-0.2, 0) is 5.41 Å². The molecule has 2 N–H and O–H groups in total. The van der Waals surface area contributed by atoms with E-state index in [-0.39, 0.29) is 17.2 Å². The highest BCUT2D eigenvalue weighted by atomic mass is 32.1. The van der Waals surface area contributed by atoms with E-state index in [0.717, 1.165) is 5.69 Å². The van der Waals surface area contributed by atoms with Gasteiger partial charge in [0.15, 0.2) is 0 Å². The van der Waals surface area contributed by atoms with Gasteiger partial charge in [-0.05, 0) is 52.8 Å². The van der Waals surface area contributed by atoms with Gasteiger partial charge < -0.3 is 19.9 Å². The van der Waals surface area contributed by atoms with Crippen LogP contribution in [0.4, 0.5) is 11.5 Å². The van der Waals surface area contributed by atoms with Crippen LogP contribution in [0.5, 0.6) is 11.6 Å². The number of ether oxygens (including phenoxy) is 2. The third kappa shape index (κ3) is 6.91. The SMILES string of the molecule is CN(C(=S)Oc1ccc(C(C)(C)C)cc1)c1cccc(OCC(O)CNc2ccsc2)n1. The first-order chi connectivity index (χ1) is 15.2. The zero-order valence-corrected chi connectivity index (χ0v) is 20.4. The van der Waals surface area contributed by atoms with E-state index in [4.69, 9.17) is 21.7 Å². The number of hydrogen-bond acceptors (Lipinski definition) is 7. The van der Waals surface area contributed by atoms with E-state index in [1.165, 1.54) is 5.56 Å². The van der Waals surface area contributed by atoms with Gasteiger partial charge in [0.05, 0.1) is 0 Å². The fourth-order valence-corrected chi connectivity index (χ4v) is 3.60. The number of aliphatic hydroxyl groups excluding tert-OH is 1. The topological polar surface area (TPSA) is 66.9 Å². The lowest BCUT2D eigenvalue weighted by molar-refractivity contribution is 0.115. The second kappa shape index (κ2) is 10.8. The molecule has 1 aromatic carbocycles. The Kier molecular flexibility index (Phi) is 8.06. The summed E-state index contributed by atoms with van der Waals surface area (Å²) in [4.78, 5) is 6.15. The van der Waals surface area contributed by atoms with Gasteiger partial charge in [-0.2, -0.15) is 16.3 Å². The molecule has 8 heteroatoms. The van der Waals surface area contributed by atoms with Gasteiger partial charge in [-0.25, -0.2) is 0 Å². The van der Waals surface area contributed by atoms with E-state index >= 15 is 0 Å². The van der Waals surface area contributed by atoms with Crippen LogP contribution >= 0.6 is 23.6 Å². The quantitative estimate of drug-likeness (QED) is 0.444. The number of pyridine rings is 1. The van der Waals surface area contributed by atoms with E-state index in [1.54, 1.807) is 29.4 Å². The zero-order chi connectivity index (χ0) is 23.1. The standard InChI is InChI=1S/C24H29N3O3S2/c1-24(2,3)17-8-10-20(11-9-17)30-23(31)27(4)21-6-5-7-22(26-21)29-15-19(28)14-25-18-12-13-32-16-18/h5-13,16,19,25,28H,14-15H2,1-4H3. The van der Waals surface area contributed by atoms with Crippen molar-refractivity contribution in [2.24, 2.45) is 0 Å². The summed E-state index contributed by atoms with van der Waals surface area (Å²) in [5.74, 6) is 1.66. The fraction of sp³-hybridized carbons (Fsp3) is 0.333. The predicted octanol–water partition coefficient (Wildman–Crippen LogP) is 5.09. The van der Waals surface area contributed by atoms with Crippen LogP contribution < -0.4 is 19.7 Å². The highest BCUT2D eigenvalue weighted by molar-refractivity contribution is 7.80. The van der Waals surface area contributed by atoms with Crippen molar-refractivity contribution in [3.63, 3.8) is 0 Å². The Morgan fingerprint density at radius 2 is 1.94 bits per heavy atom. The van der Waals surface area contributed by atoms with Gasteiger partial charge in [-0.3, -0.25) is 4.90 Å². The minimum atomic E-state index is -0.668. The molecule has 0 aliphatic heterocycles. The molecule has 0 spiro atoms. The number of aromatic nitrogens is 1. The molecule has 0 saturated heterocycles. The highest BCUT2D eigenvalue weighted by Crippen LogP contribution is 2.25. The summed E-state index contributed by atoms with van der Waals surface area (Å²) in [5.41, 5.74) is 2.29. The molecule has 0 amide bonds. The highest BCUT2D eigenvalue weighted by Gasteiger charge is 2.15. The smallest absolute Gasteiger partial charge is 0.270 e. The van der Waals surface area contributed by atoms with Crippen molar-refractivity contribution in [2.75, 3.05) is 30.4 Å². The summed E-state index contributed by atoms with van der Waals surface area (Å²) in [7, 11) is 1.79.